The zero-order valence-corrected chi connectivity index (χ0v) is 40.9. The van der Waals surface area contributed by atoms with Crippen molar-refractivity contribution in [1.29, 1.82) is 0 Å². The van der Waals surface area contributed by atoms with E-state index < -0.39 is 65.9 Å². The van der Waals surface area contributed by atoms with Crippen LogP contribution in [-0.2, 0) is 23.9 Å². The molecule has 0 aromatic carbocycles. The molecule has 1 aliphatic heterocycles. The number of aliphatic carboxylic acids is 2. The molecule has 0 saturated carbocycles. The summed E-state index contributed by atoms with van der Waals surface area (Å²) in [5.41, 5.74) is 11.1. The van der Waals surface area contributed by atoms with Crippen molar-refractivity contribution in [2.24, 2.45) is 11.5 Å². The van der Waals surface area contributed by atoms with Gasteiger partial charge in [0.05, 0.1) is 12.2 Å². The lowest BCUT2D eigenvalue weighted by molar-refractivity contribution is -0.193. The van der Waals surface area contributed by atoms with Crippen LogP contribution in [0.3, 0.4) is 0 Å². The first kappa shape index (κ1) is 63.2. The number of esters is 1. The molecule has 1 fully saturated rings. The monoisotopic (exact) mass is 1010 g/mol. The van der Waals surface area contributed by atoms with Crippen LogP contribution in [0.4, 0.5) is 26.3 Å². The Kier molecular flexibility index (Phi) is 31.1. The fourth-order valence-corrected chi connectivity index (χ4v) is 7.44. The predicted octanol–water partition coefficient (Wildman–Crippen LogP) is 8.13. The van der Waals surface area contributed by atoms with Crippen LogP contribution in [0, 0.1) is 6.92 Å². The molecule has 7 N–H and O–H groups in total. The Hall–Kier alpha value is -4.84. The van der Waals surface area contributed by atoms with Crippen molar-refractivity contribution in [3.8, 4) is 0 Å². The first-order valence-electron chi connectivity index (χ1n) is 24.5. The van der Waals surface area contributed by atoms with Crippen molar-refractivity contribution in [3.05, 3.63) is 44.5 Å². The van der Waals surface area contributed by atoms with Crippen molar-refractivity contribution >= 4 is 23.8 Å². The zero-order chi connectivity index (χ0) is 52.7. The number of carboxylic acids is 2. The van der Waals surface area contributed by atoms with Gasteiger partial charge in [-0.05, 0) is 39.2 Å². The molecule has 1 saturated heterocycles. The number of carbonyl (C=O) groups excluding carboxylic acids is 2. The highest BCUT2D eigenvalue weighted by Crippen LogP contribution is 2.36. The summed E-state index contributed by atoms with van der Waals surface area (Å²) in [4.78, 5) is 73.6. The van der Waals surface area contributed by atoms with Crippen LogP contribution in [0.25, 0.3) is 0 Å². The van der Waals surface area contributed by atoms with E-state index >= 15 is 0 Å². The number of ether oxygens (including phenoxy) is 2. The Bertz CT molecular complexity index is 1880. The quantitative estimate of drug-likeness (QED) is 0.0271. The van der Waals surface area contributed by atoms with Gasteiger partial charge in [-0.25, -0.2) is 19.1 Å². The largest absolute Gasteiger partial charge is 0.490 e. The molecule has 18 nitrogen and oxygen atoms in total. The Morgan fingerprint density at radius 2 is 1.23 bits per heavy atom. The van der Waals surface area contributed by atoms with Gasteiger partial charge >= 0.3 is 36.0 Å². The van der Waals surface area contributed by atoms with Crippen molar-refractivity contribution in [2.45, 2.75) is 205 Å². The summed E-state index contributed by atoms with van der Waals surface area (Å²) in [6.45, 7) is 7.70. The van der Waals surface area contributed by atoms with Gasteiger partial charge in [0, 0.05) is 31.3 Å². The third-order valence-corrected chi connectivity index (χ3v) is 11.5. The van der Waals surface area contributed by atoms with Gasteiger partial charge in [0.1, 0.15) is 25.0 Å². The van der Waals surface area contributed by atoms with Crippen LogP contribution in [0.5, 0.6) is 0 Å². The maximum atomic E-state index is 14.0. The van der Waals surface area contributed by atoms with Crippen LogP contribution in [0.2, 0.25) is 0 Å². The van der Waals surface area contributed by atoms with Crippen molar-refractivity contribution in [3.63, 3.8) is 0 Å². The number of alkyl halides is 6. The highest BCUT2D eigenvalue weighted by atomic mass is 19.4. The van der Waals surface area contributed by atoms with Crippen LogP contribution in [-0.4, -0.2) is 114 Å². The van der Waals surface area contributed by atoms with Crippen molar-refractivity contribution in [1.82, 2.24) is 29.4 Å². The van der Waals surface area contributed by atoms with E-state index in [1.807, 2.05) is 4.90 Å². The SMILES string of the molecule is CCCCCCCCCCCCN(CCCCCCCCCCCC)C(=O)c1cn([C@H]2C[C@H](n3cc(C)c(=O)[nH]c3=O)O[C@@H]2COC(=O)[C@@H](N)CCCN)nn1.O=C(O)C(F)(F)F.O=C(O)C(F)(F)F. The smallest absolute Gasteiger partial charge is 0.475 e. The number of carboxylic acid groups (broad SMARTS) is 2. The van der Waals surface area contributed by atoms with E-state index in [0.29, 0.717) is 38.0 Å². The Morgan fingerprint density at radius 1 is 0.786 bits per heavy atom. The minimum Gasteiger partial charge on any atom is -0.475 e. The van der Waals surface area contributed by atoms with Gasteiger partial charge in [-0.2, -0.15) is 26.3 Å². The molecule has 0 bridgehead atoms. The number of nitrogens with zero attached hydrogens (tertiary/aromatic N) is 5. The van der Waals surface area contributed by atoms with Crippen LogP contribution >= 0.6 is 0 Å². The third-order valence-electron chi connectivity index (χ3n) is 11.5. The summed E-state index contributed by atoms with van der Waals surface area (Å²) in [5.74, 6) is -6.25. The summed E-state index contributed by atoms with van der Waals surface area (Å²) in [7, 11) is 0. The second-order valence-electron chi connectivity index (χ2n) is 17.4. The van der Waals surface area contributed by atoms with Crippen LogP contribution in [0.1, 0.15) is 190 Å². The number of aryl methyl sites for hydroxylation is 1. The molecular formula is C46H76F6N8O10. The summed E-state index contributed by atoms with van der Waals surface area (Å²) >= 11 is 0. The molecule has 3 rings (SSSR count). The number of amides is 1. The van der Waals surface area contributed by atoms with Crippen molar-refractivity contribution in [2.75, 3.05) is 26.2 Å². The Labute approximate surface area is 405 Å². The fraction of sp³-hybridized carbons (Fsp3) is 0.783. The van der Waals surface area contributed by atoms with E-state index in [9.17, 15) is 45.5 Å². The highest BCUT2D eigenvalue weighted by molar-refractivity contribution is 5.91. The standard InChI is InChI=1S/C42H74N8O6.2C2HF3O2/c1-4-6-8-10-12-14-16-18-20-22-27-48(28-23-21-19-17-15-13-11-9-7-5-2)40(52)35-31-50(47-46-35)36-29-38(49-30-33(3)39(51)45-42(49)54)56-37(36)32-55-41(53)34(44)25-24-26-43;2*3-2(4,5)1(6)7/h30-31,34,36-38H,4-29,32,43-44H2,1-3H3,(H,45,51,54);2*(H,6,7)/t34-,36-,37+,38+;;/m0../s1. The number of nitrogens with one attached hydrogen (secondary N) is 1. The summed E-state index contributed by atoms with van der Waals surface area (Å²) < 4.78 is 78.2. The van der Waals surface area contributed by atoms with E-state index in [0.717, 1.165) is 25.7 Å². The number of unbranched alkanes of at least 4 members (excludes halogenated alkanes) is 18. The van der Waals surface area contributed by atoms with Crippen molar-refractivity contribution < 1.29 is 65.2 Å². The molecule has 0 aliphatic carbocycles. The maximum absolute atomic E-state index is 14.0. The summed E-state index contributed by atoms with van der Waals surface area (Å²) in [6, 6.07) is -1.36. The minimum absolute atomic E-state index is 0.153. The Morgan fingerprint density at radius 3 is 1.66 bits per heavy atom. The minimum atomic E-state index is -5.08. The average molecular weight is 1020 g/mol. The number of aromatic amines is 1. The third kappa shape index (κ3) is 25.9. The number of halogens is 6. The lowest BCUT2D eigenvalue weighted by Gasteiger charge is -2.22. The average Bonchev–Trinajstić information content (AvgIpc) is 3.97. The lowest BCUT2D eigenvalue weighted by Crippen LogP contribution is -2.36. The molecule has 2 aromatic heterocycles. The van der Waals surface area contributed by atoms with Gasteiger partial charge in [0.25, 0.3) is 11.5 Å². The molecule has 1 aliphatic rings. The number of aromatic nitrogens is 5. The molecule has 0 radical (unpaired) electrons. The first-order chi connectivity index (χ1) is 33.1. The lowest BCUT2D eigenvalue weighted by atomic mass is 10.1. The number of hydrogen-bond donors (Lipinski definition) is 5. The van der Waals surface area contributed by atoms with E-state index in [1.54, 1.807) is 17.8 Å². The van der Waals surface area contributed by atoms with Gasteiger partial charge in [-0.1, -0.05) is 135 Å². The molecule has 0 spiro atoms. The first-order valence-corrected chi connectivity index (χ1v) is 24.5. The number of carbonyl (C=O) groups is 4. The molecular weight excluding hydrogens is 939 g/mol. The molecule has 3 heterocycles. The summed E-state index contributed by atoms with van der Waals surface area (Å²) in [5, 5.41) is 22.9. The molecule has 2 aromatic rings. The molecule has 1 amide bonds. The predicted molar refractivity (Wildman–Crippen MR) is 248 cm³/mol. The molecule has 70 heavy (non-hydrogen) atoms. The van der Waals surface area contributed by atoms with Gasteiger partial charge in [0.15, 0.2) is 5.69 Å². The van der Waals surface area contributed by atoms with Gasteiger partial charge < -0.3 is 36.1 Å². The topological polar surface area (TPSA) is 268 Å². The molecule has 24 heteroatoms. The second-order valence-corrected chi connectivity index (χ2v) is 17.4. The van der Waals surface area contributed by atoms with E-state index in [4.69, 9.17) is 40.7 Å². The van der Waals surface area contributed by atoms with E-state index in [2.05, 4.69) is 29.1 Å². The fourth-order valence-electron chi connectivity index (χ4n) is 7.44. The van der Waals surface area contributed by atoms with E-state index in [1.165, 1.54) is 113 Å². The highest BCUT2D eigenvalue weighted by Gasteiger charge is 2.41. The van der Waals surface area contributed by atoms with Gasteiger partial charge in [0.2, 0.25) is 0 Å². The number of rotatable bonds is 31. The number of hydrogen-bond acceptors (Lipinski definition) is 12. The van der Waals surface area contributed by atoms with Crippen LogP contribution < -0.4 is 22.7 Å². The molecule has 4 atom stereocenters. The molecule has 0 unspecified atom stereocenters. The molecule has 402 valence electrons. The Balaban J connectivity index is 0.00000152. The summed E-state index contributed by atoms with van der Waals surface area (Å²) in [6.07, 6.45) is 17.2. The van der Waals surface area contributed by atoms with Gasteiger partial charge in [-0.15, -0.1) is 5.10 Å². The zero-order valence-electron chi connectivity index (χ0n) is 40.9. The second kappa shape index (κ2) is 34.5. The number of H-pyrrole nitrogens is 1. The van der Waals surface area contributed by atoms with E-state index in [-0.39, 0.29) is 24.6 Å². The normalized spacial score (nSPS) is 16.1. The van der Waals surface area contributed by atoms with Crippen LogP contribution in [0.15, 0.2) is 22.0 Å². The number of nitrogens with two attached hydrogens (primary N) is 2. The van der Waals surface area contributed by atoms with Gasteiger partial charge in [-0.3, -0.25) is 23.9 Å². The maximum Gasteiger partial charge on any atom is 0.490 e.